The van der Waals surface area contributed by atoms with Crippen molar-refractivity contribution in [2.45, 2.75) is 46.6 Å². The lowest BCUT2D eigenvalue weighted by molar-refractivity contribution is -0.131. The van der Waals surface area contributed by atoms with Crippen molar-refractivity contribution in [3.05, 3.63) is 59.0 Å². The first kappa shape index (κ1) is 19.0. The fourth-order valence-corrected chi connectivity index (χ4v) is 3.11. The molecule has 0 aliphatic carbocycles. The van der Waals surface area contributed by atoms with Gasteiger partial charge in [0.15, 0.2) is 0 Å². The first-order chi connectivity index (χ1) is 11.8. The molecular weight excluding hydrogens is 317 g/mol. The van der Waals surface area contributed by atoms with Crippen LogP contribution < -0.4 is 4.90 Å². The number of fused-ring (bicyclic) bond motifs is 1. The smallest absolute Gasteiger partial charge is 0.328 e. The number of halogens is 1. The number of benzene rings is 1. The maximum absolute atomic E-state index is 14.4. The molecule has 0 aromatic heterocycles. The second kappa shape index (κ2) is 8.15. The first-order valence-corrected chi connectivity index (χ1v) is 8.65. The molecule has 1 aromatic carbocycles. The molecule has 0 amide bonds. The van der Waals surface area contributed by atoms with Gasteiger partial charge in [-0.1, -0.05) is 12.1 Å². The van der Waals surface area contributed by atoms with E-state index in [4.69, 9.17) is 5.11 Å². The summed E-state index contributed by atoms with van der Waals surface area (Å²) in [6.07, 6.45) is 5.98. The average Bonchev–Trinajstić information content (AvgIpc) is 2.57. The zero-order valence-electron chi connectivity index (χ0n) is 15.3. The van der Waals surface area contributed by atoms with E-state index >= 15 is 0 Å². The molecule has 1 heterocycles. The topological polar surface area (TPSA) is 40.5 Å². The molecule has 0 fully saturated rings. The Balaban J connectivity index is 2.29. The predicted molar refractivity (Wildman–Crippen MR) is 101 cm³/mol. The van der Waals surface area contributed by atoms with Crippen molar-refractivity contribution in [3.8, 4) is 0 Å². The van der Waals surface area contributed by atoms with Gasteiger partial charge in [0.25, 0.3) is 0 Å². The number of anilines is 1. The number of aryl methyl sites for hydroxylation is 1. The Morgan fingerprint density at radius 3 is 2.64 bits per heavy atom. The van der Waals surface area contributed by atoms with E-state index in [0.717, 1.165) is 31.0 Å². The van der Waals surface area contributed by atoms with Gasteiger partial charge in [0, 0.05) is 24.4 Å². The fourth-order valence-electron chi connectivity index (χ4n) is 3.11. The molecule has 1 aliphatic heterocycles. The SMILES string of the molecule is C\C(=C(F)/C=C/C(C)=C/C(=O)O)c1ccc2c(c1)CCCN2C(C)C. The largest absolute Gasteiger partial charge is 0.478 e. The summed E-state index contributed by atoms with van der Waals surface area (Å²) in [4.78, 5) is 13.0. The van der Waals surface area contributed by atoms with Crippen molar-refractivity contribution in [1.82, 2.24) is 0 Å². The van der Waals surface area contributed by atoms with Gasteiger partial charge in [0.1, 0.15) is 5.83 Å². The Labute approximate surface area is 149 Å². The molecule has 0 unspecified atom stereocenters. The van der Waals surface area contributed by atoms with Crippen LogP contribution in [-0.4, -0.2) is 23.7 Å². The van der Waals surface area contributed by atoms with Crippen molar-refractivity contribution >= 4 is 17.2 Å². The normalized spacial score (nSPS) is 16.2. The van der Waals surface area contributed by atoms with Crippen molar-refractivity contribution in [3.63, 3.8) is 0 Å². The van der Waals surface area contributed by atoms with Crippen LogP contribution in [0, 0.1) is 0 Å². The number of nitrogens with zero attached hydrogens (tertiary/aromatic N) is 1. The van der Waals surface area contributed by atoms with Crippen LogP contribution in [0.15, 0.2) is 47.8 Å². The lowest BCUT2D eigenvalue weighted by Crippen LogP contribution is -2.35. The zero-order chi connectivity index (χ0) is 18.6. The summed E-state index contributed by atoms with van der Waals surface area (Å²) in [5.41, 5.74) is 4.42. The molecule has 1 aromatic rings. The molecule has 0 saturated carbocycles. The van der Waals surface area contributed by atoms with E-state index in [1.807, 2.05) is 6.07 Å². The molecule has 3 nitrogen and oxygen atoms in total. The van der Waals surface area contributed by atoms with Crippen molar-refractivity contribution < 1.29 is 14.3 Å². The van der Waals surface area contributed by atoms with Crippen LogP contribution in [0.1, 0.15) is 45.2 Å². The quantitative estimate of drug-likeness (QED) is 0.595. The Morgan fingerprint density at radius 2 is 2.00 bits per heavy atom. The molecule has 1 N–H and O–H groups in total. The molecule has 0 radical (unpaired) electrons. The number of hydrogen-bond donors (Lipinski definition) is 1. The number of allylic oxidation sites excluding steroid dienone is 5. The number of rotatable bonds is 5. The zero-order valence-corrected chi connectivity index (χ0v) is 15.3. The minimum Gasteiger partial charge on any atom is -0.478 e. The van der Waals surface area contributed by atoms with E-state index in [9.17, 15) is 9.18 Å². The third kappa shape index (κ3) is 4.81. The third-order valence-corrected chi connectivity index (χ3v) is 4.49. The van der Waals surface area contributed by atoms with Gasteiger partial charge in [-0.25, -0.2) is 9.18 Å². The van der Waals surface area contributed by atoms with E-state index in [-0.39, 0.29) is 5.83 Å². The first-order valence-electron chi connectivity index (χ1n) is 8.65. The van der Waals surface area contributed by atoms with Crippen LogP contribution in [0.5, 0.6) is 0 Å². The summed E-state index contributed by atoms with van der Waals surface area (Å²) in [6.45, 7) is 8.82. The minimum absolute atomic E-state index is 0.352. The van der Waals surface area contributed by atoms with Crippen LogP contribution in [-0.2, 0) is 11.2 Å². The van der Waals surface area contributed by atoms with E-state index in [2.05, 4.69) is 30.9 Å². The summed E-state index contributed by atoms with van der Waals surface area (Å²) in [5, 5.41) is 8.69. The minimum atomic E-state index is -1.03. The number of carboxylic acid groups (broad SMARTS) is 1. The van der Waals surface area contributed by atoms with Crippen molar-refractivity contribution in [2.75, 3.05) is 11.4 Å². The summed E-state index contributed by atoms with van der Waals surface area (Å²) in [6, 6.07) is 6.57. The summed E-state index contributed by atoms with van der Waals surface area (Å²) >= 11 is 0. The van der Waals surface area contributed by atoms with Gasteiger partial charge in [-0.3, -0.25) is 0 Å². The Morgan fingerprint density at radius 1 is 1.28 bits per heavy atom. The van der Waals surface area contributed by atoms with Crippen LogP contribution in [0.2, 0.25) is 0 Å². The molecule has 25 heavy (non-hydrogen) atoms. The molecule has 2 rings (SSSR count). The number of hydrogen-bond acceptors (Lipinski definition) is 2. The van der Waals surface area contributed by atoms with Gasteiger partial charge in [0.2, 0.25) is 0 Å². The third-order valence-electron chi connectivity index (χ3n) is 4.49. The highest BCUT2D eigenvalue weighted by Crippen LogP contribution is 2.32. The van der Waals surface area contributed by atoms with Gasteiger partial charge in [-0.15, -0.1) is 0 Å². The lowest BCUT2D eigenvalue weighted by Gasteiger charge is -2.35. The number of aliphatic carboxylic acids is 1. The molecule has 0 bridgehead atoms. The van der Waals surface area contributed by atoms with Crippen LogP contribution in [0.4, 0.5) is 10.1 Å². The van der Waals surface area contributed by atoms with E-state index in [1.165, 1.54) is 23.4 Å². The summed E-state index contributed by atoms with van der Waals surface area (Å²) < 4.78 is 14.4. The highest BCUT2D eigenvalue weighted by Gasteiger charge is 2.19. The van der Waals surface area contributed by atoms with Crippen LogP contribution in [0.3, 0.4) is 0 Å². The van der Waals surface area contributed by atoms with Gasteiger partial charge in [-0.2, -0.15) is 0 Å². The molecule has 0 saturated heterocycles. The van der Waals surface area contributed by atoms with Gasteiger partial charge in [-0.05, 0) is 81.0 Å². The molecule has 134 valence electrons. The molecule has 0 spiro atoms. The van der Waals surface area contributed by atoms with Gasteiger partial charge < -0.3 is 10.0 Å². The molecule has 1 aliphatic rings. The Hall–Kier alpha value is -2.36. The second-order valence-corrected chi connectivity index (χ2v) is 6.77. The van der Waals surface area contributed by atoms with Crippen molar-refractivity contribution in [1.29, 1.82) is 0 Å². The summed E-state index contributed by atoms with van der Waals surface area (Å²) in [7, 11) is 0. The Bertz CT molecular complexity index is 744. The highest BCUT2D eigenvalue weighted by atomic mass is 19.1. The Kier molecular flexibility index (Phi) is 6.18. The predicted octanol–water partition coefficient (Wildman–Crippen LogP) is 5.14. The van der Waals surface area contributed by atoms with E-state index in [1.54, 1.807) is 13.8 Å². The second-order valence-electron chi connectivity index (χ2n) is 6.77. The standard InChI is InChI=1S/C21H26FNO2/c1-14(2)23-11-5-6-18-13-17(8-10-20(18)23)16(4)19(22)9-7-15(3)12-21(24)25/h7-10,12-14H,5-6,11H2,1-4H3,(H,24,25)/b9-7+,15-12+,19-16-. The summed E-state index contributed by atoms with van der Waals surface area (Å²) in [5.74, 6) is -1.39. The molecular formula is C21H26FNO2. The van der Waals surface area contributed by atoms with Gasteiger partial charge >= 0.3 is 5.97 Å². The number of carboxylic acids is 1. The van der Waals surface area contributed by atoms with Crippen LogP contribution in [0.25, 0.3) is 5.57 Å². The maximum Gasteiger partial charge on any atom is 0.328 e. The number of carbonyl (C=O) groups is 1. The lowest BCUT2D eigenvalue weighted by atomic mass is 9.95. The average molecular weight is 343 g/mol. The molecule has 4 heteroatoms. The fraction of sp³-hybridized carbons (Fsp3) is 0.381. The maximum atomic E-state index is 14.4. The monoisotopic (exact) mass is 343 g/mol. The van der Waals surface area contributed by atoms with E-state index < -0.39 is 5.97 Å². The van der Waals surface area contributed by atoms with Crippen molar-refractivity contribution in [2.24, 2.45) is 0 Å². The highest BCUT2D eigenvalue weighted by molar-refractivity contribution is 5.81. The molecule has 0 atom stereocenters. The van der Waals surface area contributed by atoms with Crippen LogP contribution >= 0.6 is 0 Å². The van der Waals surface area contributed by atoms with E-state index in [0.29, 0.717) is 17.2 Å². The van der Waals surface area contributed by atoms with Gasteiger partial charge in [0.05, 0.1) is 0 Å².